The molecular weight excluding hydrogens is 614 g/mol. The Morgan fingerprint density at radius 3 is 1.32 bits per heavy atom. The van der Waals surface area contributed by atoms with Crippen molar-refractivity contribution in [2.75, 3.05) is 23.8 Å². The van der Waals surface area contributed by atoms with Crippen LogP contribution in [0.5, 0.6) is 0 Å². The molecule has 2 N–H and O–H groups in total. The van der Waals surface area contributed by atoms with E-state index in [4.69, 9.17) is 9.47 Å². The van der Waals surface area contributed by atoms with Crippen LogP contribution in [0, 0.1) is 11.6 Å². The molecule has 0 fully saturated rings. The van der Waals surface area contributed by atoms with Gasteiger partial charge >= 0.3 is 11.9 Å². The van der Waals surface area contributed by atoms with E-state index in [9.17, 15) is 28.0 Å². The van der Waals surface area contributed by atoms with Crippen LogP contribution in [0.15, 0.2) is 83.6 Å². The number of esters is 2. The number of carbonyl (C=O) groups excluding carboxylic acids is 4. The Morgan fingerprint density at radius 2 is 0.955 bits per heavy atom. The highest BCUT2D eigenvalue weighted by Gasteiger charge is 2.16. The number of thiazole rings is 2. The highest BCUT2D eigenvalue weighted by atomic mass is 32.1. The first-order valence-electron chi connectivity index (χ1n) is 12.7. The summed E-state index contributed by atoms with van der Waals surface area (Å²) in [6.07, 6.45) is 0. The quantitative estimate of drug-likeness (QED) is 0.184. The lowest BCUT2D eigenvalue weighted by Gasteiger charge is -2.07. The Labute approximate surface area is 256 Å². The topological polar surface area (TPSA) is 137 Å². The summed E-state index contributed by atoms with van der Waals surface area (Å²) < 4.78 is 36.3. The van der Waals surface area contributed by atoms with Crippen LogP contribution in [0.2, 0.25) is 0 Å². The molecule has 0 aliphatic heterocycles. The van der Waals surface area contributed by atoms with Gasteiger partial charge in [0.15, 0.2) is 23.5 Å². The van der Waals surface area contributed by atoms with Crippen LogP contribution in [0.1, 0.15) is 20.7 Å². The Balaban J connectivity index is 1.05. The van der Waals surface area contributed by atoms with Gasteiger partial charge in [-0.1, -0.05) is 0 Å². The minimum atomic E-state index is -0.797. The van der Waals surface area contributed by atoms with Gasteiger partial charge in [-0.3, -0.25) is 20.2 Å². The number of benzene rings is 3. The van der Waals surface area contributed by atoms with Gasteiger partial charge in [0.1, 0.15) is 11.6 Å². The molecule has 0 atom stereocenters. The van der Waals surface area contributed by atoms with E-state index in [1.54, 1.807) is 35.0 Å². The van der Waals surface area contributed by atoms with Gasteiger partial charge < -0.3 is 9.47 Å². The van der Waals surface area contributed by atoms with E-state index in [2.05, 4.69) is 20.6 Å². The van der Waals surface area contributed by atoms with E-state index in [-0.39, 0.29) is 33.0 Å². The SMILES string of the molecule is O=C(COC(=O)c1ccc(C(=O)OCC(=O)Nc2nc(-c3ccc(F)cc3)cs2)cc1)Nc1nc(-c2ccc(F)cc2)cs1. The van der Waals surface area contributed by atoms with Crippen molar-refractivity contribution in [2.45, 2.75) is 0 Å². The summed E-state index contributed by atoms with van der Waals surface area (Å²) in [5.41, 5.74) is 2.63. The molecular formula is C30H20F2N4O6S2. The molecule has 0 aliphatic rings. The van der Waals surface area contributed by atoms with Crippen LogP contribution < -0.4 is 10.6 Å². The second kappa shape index (κ2) is 13.8. The van der Waals surface area contributed by atoms with Crippen LogP contribution in [-0.2, 0) is 19.1 Å². The van der Waals surface area contributed by atoms with Crippen molar-refractivity contribution >= 4 is 56.7 Å². The summed E-state index contributed by atoms with van der Waals surface area (Å²) in [6.45, 7) is -1.15. The second-order valence-corrected chi connectivity index (χ2v) is 10.6. The summed E-state index contributed by atoms with van der Waals surface area (Å²) >= 11 is 2.32. The lowest BCUT2D eigenvalue weighted by Crippen LogP contribution is -2.21. The number of nitrogens with one attached hydrogen (secondary N) is 2. The zero-order valence-electron chi connectivity index (χ0n) is 22.4. The number of rotatable bonds is 10. The highest BCUT2D eigenvalue weighted by Crippen LogP contribution is 2.26. The number of amides is 2. The zero-order chi connectivity index (χ0) is 31.1. The molecule has 0 unspecified atom stereocenters. The number of anilines is 2. The van der Waals surface area contributed by atoms with E-state index in [1.807, 2.05) is 0 Å². The Morgan fingerprint density at radius 1 is 0.591 bits per heavy atom. The van der Waals surface area contributed by atoms with Gasteiger partial charge in [0.2, 0.25) is 0 Å². The largest absolute Gasteiger partial charge is 0.452 e. The summed E-state index contributed by atoms with van der Waals surface area (Å²) in [5, 5.41) is 9.01. The summed E-state index contributed by atoms with van der Waals surface area (Å²) in [7, 11) is 0. The average molecular weight is 635 g/mol. The van der Waals surface area contributed by atoms with Crippen LogP contribution >= 0.6 is 22.7 Å². The maximum atomic E-state index is 13.1. The molecule has 2 aromatic heterocycles. The average Bonchev–Trinajstić information content (AvgIpc) is 3.69. The molecule has 14 heteroatoms. The normalized spacial score (nSPS) is 10.6. The predicted molar refractivity (Wildman–Crippen MR) is 159 cm³/mol. The van der Waals surface area contributed by atoms with Crippen molar-refractivity contribution in [3.8, 4) is 22.5 Å². The van der Waals surface area contributed by atoms with Gasteiger partial charge in [0, 0.05) is 21.9 Å². The molecule has 10 nitrogen and oxygen atoms in total. The molecule has 5 aromatic rings. The summed E-state index contributed by atoms with van der Waals surface area (Å²) in [4.78, 5) is 57.7. The molecule has 0 saturated carbocycles. The van der Waals surface area contributed by atoms with Crippen molar-refractivity contribution in [3.05, 3.63) is 106 Å². The van der Waals surface area contributed by atoms with E-state index in [1.165, 1.54) is 48.5 Å². The van der Waals surface area contributed by atoms with Gasteiger partial charge in [-0.2, -0.15) is 0 Å². The van der Waals surface area contributed by atoms with Crippen LogP contribution in [0.25, 0.3) is 22.5 Å². The lowest BCUT2D eigenvalue weighted by atomic mass is 10.1. The van der Waals surface area contributed by atoms with E-state index in [0.29, 0.717) is 22.5 Å². The molecule has 2 amide bonds. The smallest absolute Gasteiger partial charge is 0.338 e. The van der Waals surface area contributed by atoms with Gasteiger partial charge in [0.25, 0.3) is 11.8 Å². The third-order valence-electron chi connectivity index (χ3n) is 5.81. The highest BCUT2D eigenvalue weighted by molar-refractivity contribution is 7.14. The van der Waals surface area contributed by atoms with Crippen molar-refractivity contribution in [1.29, 1.82) is 0 Å². The van der Waals surface area contributed by atoms with Gasteiger partial charge in [-0.15, -0.1) is 22.7 Å². The number of carbonyl (C=O) groups is 4. The monoisotopic (exact) mass is 634 g/mol. The van der Waals surface area contributed by atoms with Crippen LogP contribution in [0.4, 0.5) is 19.0 Å². The maximum Gasteiger partial charge on any atom is 0.338 e. The van der Waals surface area contributed by atoms with Gasteiger partial charge in [-0.05, 0) is 72.8 Å². The first-order valence-corrected chi connectivity index (χ1v) is 14.5. The zero-order valence-corrected chi connectivity index (χ0v) is 24.0. The van der Waals surface area contributed by atoms with Crippen molar-refractivity contribution in [1.82, 2.24) is 9.97 Å². The molecule has 0 saturated heterocycles. The fourth-order valence-corrected chi connectivity index (χ4v) is 5.12. The Hall–Kier alpha value is -5.34. The van der Waals surface area contributed by atoms with Crippen LogP contribution in [0.3, 0.4) is 0 Å². The third kappa shape index (κ3) is 7.93. The number of ether oxygens (including phenoxy) is 2. The number of halogens is 2. The van der Waals surface area contributed by atoms with Gasteiger partial charge in [-0.25, -0.2) is 28.3 Å². The molecule has 222 valence electrons. The van der Waals surface area contributed by atoms with Crippen LogP contribution in [-0.4, -0.2) is 46.9 Å². The lowest BCUT2D eigenvalue weighted by molar-refractivity contribution is -0.119. The molecule has 0 spiro atoms. The first kappa shape index (κ1) is 30.1. The number of nitrogens with zero attached hydrogens (tertiary/aromatic N) is 2. The molecule has 3 aromatic carbocycles. The molecule has 0 radical (unpaired) electrons. The molecule has 5 rings (SSSR count). The van der Waals surface area contributed by atoms with E-state index < -0.39 is 37.0 Å². The second-order valence-electron chi connectivity index (χ2n) is 8.92. The van der Waals surface area contributed by atoms with Crippen molar-refractivity contribution in [3.63, 3.8) is 0 Å². The fourth-order valence-electron chi connectivity index (χ4n) is 3.65. The standard InChI is InChI=1S/C30H20F2N4O6S2/c31-21-9-5-17(6-10-21)23-15-43-29(33-23)35-25(37)13-41-27(39)19-1-2-20(4-3-19)28(40)42-14-26(38)36-30-34-24(16-44-30)18-7-11-22(32)12-8-18/h1-12,15-16H,13-14H2,(H,33,35,37)(H,34,36,38). The van der Waals surface area contributed by atoms with E-state index in [0.717, 1.165) is 22.7 Å². The Bertz CT molecular complexity index is 1670. The van der Waals surface area contributed by atoms with Gasteiger partial charge in [0.05, 0.1) is 22.5 Å². The van der Waals surface area contributed by atoms with E-state index >= 15 is 0 Å². The predicted octanol–water partition coefficient (Wildman–Crippen LogP) is 5.80. The minimum absolute atomic E-state index is 0.0840. The maximum absolute atomic E-state index is 13.1. The summed E-state index contributed by atoms with van der Waals surface area (Å²) in [6, 6.07) is 16.8. The summed E-state index contributed by atoms with van der Waals surface area (Å²) in [5.74, 6) is -3.56. The van der Waals surface area contributed by atoms with Crippen molar-refractivity contribution in [2.24, 2.45) is 0 Å². The fraction of sp³-hybridized carbons (Fsp3) is 0.0667. The molecule has 44 heavy (non-hydrogen) atoms. The number of hydrogen-bond acceptors (Lipinski definition) is 10. The van der Waals surface area contributed by atoms with Crippen molar-refractivity contribution < 1.29 is 37.4 Å². The third-order valence-corrected chi connectivity index (χ3v) is 7.32. The molecule has 0 bridgehead atoms. The number of aromatic nitrogens is 2. The number of hydrogen-bond donors (Lipinski definition) is 2. The minimum Gasteiger partial charge on any atom is -0.452 e. The Kier molecular flexibility index (Phi) is 9.42. The molecule has 0 aliphatic carbocycles. The molecule has 2 heterocycles. The first-order chi connectivity index (χ1) is 21.2.